The minimum Gasteiger partial charge on any atom is -0.422 e. The number of rotatable bonds is 7. The molecule has 0 saturated carbocycles. The number of hydrogen-bond acceptors (Lipinski definition) is 9. The summed E-state index contributed by atoms with van der Waals surface area (Å²) in [5, 5.41) is 0.817. The maximum Gasteiger partial charge on any atom is 0.341 e. The van der Waals surface area contributed by atoms with Crippen molar-refractivity contribution in [1.82, 2.24) is 14.1 Å². The van der Waals surface area contributed by atoms with Gasteiger partial charge in [-0.15, -0.1) is 0 Å². The normalized spacial score (nSPS) is 17.6. The first-order valence-electron chi connectivity index (χ1n) is 14.6. The molecule has 14 heteroatoms. The van der Waals surface area contributed by atoms with Crippen LogP contribution in [0.25, 0.3) is 11.0 Å². The molecule has 0 unspecified atom stereocenters. The molecule has 0 radical (unpaired) electrons. The van der Waals surface area contributed by atoms with Crippen molar-refractivity contribution in [2.75, 3.05) is 65.9 Å². The van der Waals surface area contributed by atoms with Crippen LogP contribution in [-0.2, 0) is 27.7 Å². The molecule has 1 aromatic heterocycles. The van der Waals surface area contributed by atoms with Gasteiger partial charge in [-0.2, -0.15) is 0 Å². The highest BCUT2D eigenvalue weighted by atomic mass is 32.2. The number of ether oxygens (including phenoxy) is 1. The fourth-order valence-electron chi connectivity index (χ4n) is 6.31. The van der Waals surface area contributed by atoms with Crippen LogP contribution in [-0.4, -0.2) is 101 Å². The van der Waals surface area contributed by atoms with Gasteiger partial charge in [0.25, 0.3) is 5.91 Å². The lowest BCUT2D eigenvalue weighted by Gasteiger charge is -2.41. The number of carbonyl (C=O) groups is 2. The van der Waals surface area contributed by atoms with Crippen molar-refractivity contribution < 1.29 is 31.6 Å². The first-order valence-corrected chi connectivity index (χ1v) is 16.0. The molecule has 2 aromatic carbocycles. The monoisotopic (exact) mass is 643 g/mol. The van der Waals surface area contributed by atoms with E-state index in [0.717, 1.165) is 63.8 Å². The summed E-state index contributed by atoms with van der Waals surface area (Å²) in [6.07, 6.45) is 0.303. The number of hydrogen-bond donors (Lipinski definition) is 1. The maximum atomic E-state index is 15.8. The fourth-order valence-corrected chi connectivity index (χ4v) is 7.46. The van der Waals surface area contributed by atoms with Crippen LogP contribution in [0.15, 0.2) is 32.3 Å². The third-order valence-electron chi connectivity index (χ3n) is 8.88. The number of piperazine rings is 1. The molecule has 2 N–H and O–H groups in total. The number of aryl methyl sites for hydroxylation is 2. The molecule has 1 atom stereocenters. The van der Waals surface area contributed by atoms with Gasteiger partial charge in [0, 0.05) is 64.0 Å². The first kappa shape index (κ1) is 32.5. The van der Waals surface area contributed by atoms with Gasteiger partial charge >= 0.3 is 5.63 Å². The molecule has 0 bridgehead atoms. The van der Waals surface area contributed by atoms with E-state index in [9.17, 15) is 22.8 Å². The Kier molecular flexibility index (Phi) is 8.79. The number of halogens is 1. The summed E-state index contributed by atoms with van der Waals surface area (Å²) in [5.41, 5.74) is 7.94. The quantitative estimate of drug-likeness (QED) is 0.381. The zero-order valence-electron chi connectivity index (χ0n) is 26.3. The Bertz CT molecular complexity index is 1870. The molecule has 12 nitrogen and oxygen atoms in total. The Morgan fingerprint density at radius 3 is 2.47 bits per heavy atom. The molecule has 2 aliphatic rings. The smallest absolute Gasteiger partial charge is 0.341 e. The van der Waals surface area contributed by atoms with Gasteiger partial charge in [0.15, 0.2) is 5.82 Å². The topological polar surface area (TPSA) is 147 Å². The predicted molar refractivity (Wildman–Crippen MR) is 167 cm³/mol. The number of likely N-dealkylation sites (N-methyl/N-ethyl adjacent to an activating group) is 1. The molecule has 45 heavy (non-hydrogen) atoms. The van der Waals surface area contributed by atoms with Crippen LogP contribution >= 0.6 is 0 Å². The van der Waals surface area contributed by atoms with Crippen molar-refractivity contribution >= 4 is 38.5 Å². The van der Waals surface area contributed by atoms with Crippen molar-refractivity contribution in [3.8, 4) is 0 Å². The SMILES string of the molecule is COC[C@H]1CN(c2cc(C)c3c4c(c(=O)oc3c2C)CN(C(=O)c2ccc(C(N)=O)c(S(=O)(=O)N(C)C)c2F)CC4)CCN1C. The molecule has 3 heterocycles. The minimum atomic E-state index is -4.47. The molecule has 1 saturated heterocycles. The van der Waals surface area contributed by atoms with Crippen LogP contribution in [0.4, 0.5) is 10.1 Å². The first-order chi connectivity index (χ1) is 21.2. The third-order valence-corrected chi connectivity index (χ3v) is 10.8. The number of amides is 2. The van der Waals surface area contributed by atoms with Crippen LogP contribution < -0.4 is 16.3 Å². The molecule has 1 fully saturated rings. The summed E-state index contributed by atoms with van der Waals surface area (Å²) < 4.78 is 53.6. The molecule has 242 valence electrons. The lowest BCUT2D eigenvalue weighted by Crippen LogP contribution is -2.53. The van der Waals surface area contributed by atoms with Crippen LogP contribution in [0.5, 0.6) is 0 Å². The molecule has 3 aromatic rings. The molecule has 2 aliphatic heterocycles. The Morgan fingerprint density at radius 1 is 1.13 bits per heavy atom. The summed E-state index contributed by atoms with van der Waals surface area (Å²) in [5.74, 6) is -3.36. The molecule has 2 amide bonds. The number of primary amides is 1. The average molecular weight is 644 g/mol. The standard InChI is InChI=1S/C31H38FN5O7S/c1-17-13-24(36-12-11-35(5)19(14-36)16-43-6)18(2)27-25(17)20-9-10-37(15-23(20)31(40)44-27)30(39)21-7-8-22(29(33)38)28(26(21)32)45(41,42)34(3)4/h7-8,13,19H,9-12,14-16H2,1-6H3,(H2,33,38)/t19-/m1/s1. The van der Waals surface area contributed by atoms with E-state index in [0.29, 0.717) is 18.6 Å². The van der Waals surface area contributed by atoms with E-state index in [1.165, 1.54) is 19.0 Å². The molecular weight excluding hydrogens is 605 g/mol. The number of nitrogens with two attached hydrogens (primary N) is 1. The second kappa shape index (κ2) is 12.2. The van der Waals surface area contributed by atoms with Gasteiger partial charge in [0.05, 0.1) is 35.9 Å². The Labute approximate surface area is 261 Å². The van der Waals surface area contributed by atoms with Crippen molar-refractivity contribution in [3.05, 3.63) is 67.8 Å². The zero-order chi connectivity index (χ0) is 33.0. The number of benzene rings is 2. The Morgan fingerprint density at radius 2 is 1.82 bits per heavy atom. The van der Waals surface area contributed by atoms with Crippen LogP contribution in [0, 0.1) is 19.7 Å². The van der Waals surface area contributed by atoms with Gasteiger partial charge in [-0.05, 0) is 56.6 Å². The highest BCUT2D eigenvalue weighted by molar-refractivity contribution is 7.89. The average Bonchev–Trinajstić information content (AvgIpc) is 2.99. The molecular formula is C31H38FN5O7S. The molecule has 0 aliphatic carbocycles. The van der Waals surface area contributed by atoms with Crippen LogP contribution in [0.2, 0.25) is 0 Å². The number of sulfonamides is 1. The van der Waals surface area contributed by atoms with Crippen molar-refractivity contribution in [3.63, 3.8) is 0 Å². The zero-order valence-corrected chi connectivity index (χ0v) is 27.1. The highest BCUT2D eigenvalue weighted by Crippen LogP contribution is 2.36. The summed E-state index contributed by atoms with van der Waals surface area (Å²) in [4.78, 5) is 43.8. The minimum absolute atomic E-state index is 0.147. The Balaban J connectivity index is 1.52. The highest BCUT2D eigenvalue weighted by Gasteiger charge is 2.35. The Hall–Kier alpha value is -3.85. The van der Waals surface area contributed by atoms with E-state index in [2.05, 4.69) is 22.9 Å². The van der Waals surface area contributed by atoms with Gasteiger partial charge in [0.1, 0.15) is 10.5 Å². The fraction of sp³-hybridized carbons (Fsp3) is 0.452. The summed E-state index contributed by atoms with van der Waals surface area (Å²) in [6.45, 7) is 6.92. The second-order valence-electron chi connectivity index (χ2n) is 11.9. The summed E-state index contributed by atoms with van der Waals surface area (Å²) in [7, 11) is 1.65. The van der Waals surface area contributed by atoms with Gasteiger partial charge in [0.2, 0.25) is 15.9 Å². The van der Waals surface area contributed by atoms with Crippen molar-refractivity contribution in [2.45, 2.75) is 37.8 Å². The van der Waals surface area contributed by atoms with Gasteiger partial charge in [-0.3, -0.25) is 14.5 Å². The van der Waals surface area contributed by atoms with E-state index >= 15 is 4.39 Å². The van der Waals surface area contributed by atoms with Gasteiger partial charge < -0.3 is 24.7 Å². The maximum absolute atomic E-state index is 15.8. The lowest BCUT2D eigenvalue weighted by atomic mass is 9.92. The number of fused-ring (bicyclic) bond motifs is 3. The van der Waals surface area contributed by atoms with E-state index in [1.54, 1.807) is 7.11 Å². The number of nitrogens with zero attached hydrogens (tertiary/aromatic N) is 4. The van der Waals surface area contributed by atoms with E-state index in [-0.39, 0.29) is 24.7 Å². The second-order valence-corrected chi connectivity index (χ2v) is 13.9. The molecule has 5 rings (SSSR count). The predicted octanol–water partition coefficient (Wildman–Crippen LogP) is 1.86. The van der Waals surface area contributed by atoms with E-state index in [4.69, 9.17) is 14.9 Å². The summed E-state index contributed by atoms with van der Waals surface area (Å²) >= 11 is 0. The number of carbonyl (C=O) groups excluding carboxylic acids is 2. The summed E-state index contributed by atoms with van der Waals surface area (Å²) in [6, 6.07) is 4.38. The van der Waals surface area contributed by atoms with E-state index in [1.807, 2.05) is 13.8 Å². The number of methoxy groups -OCH3 is 1. The van der Waals surface area contributed by atoms with Gasteiger partial charge in [-0.25, -0.2) is 21.9 Å². The van der Waals surface area contributed by atoms with E-state index < -0.39 is 49.3 Å². The molecule has 0 spiro atoms. The largest absolute Gasteiger partial charge is 0.422 e. The lowest BCUT2D eigenvalue weighted by molar-refractivity contribution is 0.0726. The van der Waals surface area contributed by atoms with Gasteiger partial charge in [-0.1, -0.05) is 0 Å². The van der Waals surface area contributed by atoms with Crippen LogP contribution in [0.1, 0.15) is 43.0 Å². The third kappa shape index (κ3) is 5.60. The van der Waals surface area contributed by atoms with Crippen molar-refractivity contribution in [1.29, 1.82) is 0 Å². The van der Waals surface area contributed by atoms with Crippen molar-refractivity contribution in [2.24, 2.45) is 5.73 Å². The van der Waals surface area contributed by atoms with Crippen LogP contribution in [0.3, 0.4) is 0 Å². The number of anilines is 1.